The molecule has 1 fully saturated rings. The van der Waals surface area contributed by atoms with Crippen molar-refractivity contribution in [1.29, 1.82) is 0 Å². The Balaban J connectivity index is 1.51. The molecular weight excluding hydrogens is 352 g/mol. The molecule has 4 heterocycles. The SMILES string of the molecule is Cc1nc2ncccc2cc1C(=O)NCc1cccnc1N1CCN(C)CC1. The van der Waals surface area contributed by atoms with Gasteiger partial charge in [-0.1, -0.05) is 6.07 Å². The number of pyridine rings is 3. The van der Waals surface area contributed by atoms with Gasteiger partial charge in [-0.15, -0.1) is 0 Å². The van der Waals surface area contributed by atoms with Gasteiger partial charge in [0.1, 0.15) is 5.82 Å². The maximum absolute atomic E-state index is 12.8. The number of aryl methyl sites for hydroxylation is 1. The molecule has 1 N–H and O–H groups in total. The number of anilines is 1. The van der Waals surface area contributed by atoms with Gasteiger partial charge in [0.05, 0.1) is 11.3 Å². The maximum Gasteiger partial charge on any atom is 0.253 e. The van der Waals surface area contributed by atoms with Crippen LogP contribution >= 0.6 is 0 Å². The number of carbonyl (C=O) groups excluding carboxylic acids is 1. The van der Waals surface area contributed by atoms with Crippen LogP contribution in [-0.2, 0) is 6.54 Å². The summed E-state index contributed by atoms with van der Waals surface area (Å²) in [7, 11) is 2.13. The third-order valence-electron chi connectivity index (χ3n) is 5.13. The average Bonchev–Trinajstić information content (AvgIpc) is 2.72. The highest BCUT2D eigenvalue weighted by Crippen LogP contribution is 2.19. The lowest BCUT2D eigenvalue weighted by atomic mass is 10.1. The fourth-order valence-corrected chi connectivity index (χ4v) is 3.47. The Hall–Kier alpha value is -3.06. The van der Waals surface area contributed by atoms with Crippen LogP contribution in [0.4, 0.5) is 5.82 Å². The Kier molecular flexibility index (Phi) is 5.16. The van der Waals surface area contributed by atoms with Crippen molar-refractivity contribution in [2.75, 3.05) is 38.1 Å². The zero-order chi connectivity index (χ0) is 19.5. The standard InChI is InChI=1S/C21H24N6O/c1-15-18(13-16-5-3-7-22-19(16)25-15)21(28)24-14-17-6-4-8-23-20(17)27-11-9-26(2)10-12-27/h3-8,13H,9-12,14H2,1-2H3,(H,24,28). The fourth-order valence-electron chi connectivity index (χ4n) is 3.47. The number of hydrogen-bond donors (Lipinski definition) is 1. The summed E-state index contributed by atoms with van der Waals surface area (Å²) in [5, 5.41) is 3.89. The molecule has 0 bridgehead atoms. The van der Waals surface area contributed by atoms with Gasteiger partial charge in [-0.2, -0.15) is 0 Å². The molecule has 0 radical (unpaired) electrons. The molecule has 1 aliphatic heterocycles. The van der Waals surface area contributed by atoms with Crippen molar-refractivity contribution in [3.05, 3.63) is 59.5 Å². The van der Waals surface area contributed by atoms with Gasteiger partial charge in [0, 0.05) is 56.1 Å². The Morgan fingerprint density at radius 2 is 1.86 bits per heavy atom. The van der Waals surface area contributed by atoms with E-state index in [2.05, 4.69) is 37.1 Å². The molecule has 7 nitrogen and oxygen atoms in total. The highest BCUT2D eigenvalue weighted by atomic mass is 16.1. The second-order valence-corrected chi connectivity index (χ2v) is 7.13. The van der Waals surface area contributed by atoms with E-state index in [1.807, 2.05) is 43.5 Å². The highest BCUT2D eigenvalue weighted by Gasteiger charge is 2.19. The van der Waals surface area contributed by atoms with Gasteiger partial charge < -0.3 is 15.1 Å². The number of nitrogens with one attached hydrogen (secondary N) is 1. The van der Waals surface area contributed by atoms with Crippen LogP contribution < -0.4 is 10.2 Å². The third-order valence-corrected chi connectivity index (χ3v) is 5.13. The van der Waals surface area contributed by atoms with Crippen molar-refractivity contribution in [2.45, 2.75) is 13.5 Å². The molecule has 0 saturated carbocycles. The van der Waals surface area contributed by atoms with Crippen molar-refractivity contribution < 1.29 is 4.79 Å². The second-order valence-electron chi connectivity index (χ2n) is 7.13. The average molecular weight is 376 g/mol. The third kappa shape index (κ3) is 3.80. The molecule has 144 valence electrons. The number of likely N-dealkylation sites (N-methyl/N-ethyl adjacent to an activating group) is 1. The minimum absolute atomic E-state index is 0.135. The smallest absolute Gasteiger partial charge is 0.253 e. The van der Waals surface area contributed by atoms with Crippen molar-refractivity contribution >= 4 is 22.8 Å². The molecule has 4 rings (SSSR count). The molecule has 28 heavy (non-hydrogen) atoms. The Bertz CT molecular complexity index is 997. The summed E-state index contributed by atoms with van der Waals surface area (Å²) in [5.41, 5.74) is 2.93. The largest absolute Gasteiger partial charge is 0.354 e. The van der Waals surface area contributed by atoms with Crippen molar-refractivity contribution in [3.63, 3.8) is 0 Å². The molecule has 1 saturated heterocycles. The summed E-state index contributed by atoms with van der Waals surface area (Å²) in [6.45, 7) is 6.17. The number of amides is 1. The molecule has 7 heteroatoms. The molecule has 1 amide bonds. The summed E-state index contributed by atoms with van der Waals surface area (Å²) < 4.78 is 0. The van der Waals surface area contributed by atoms with Crippen LogP contribution in [0, 0.1) is 6.92 Å². The molecule has 0 aromatic carbocycles. The van der Waals surface area contributed by atoms with Gasteiger partial charge >= 0.3 is 0 Å². The van der Waals surface area contributed by atoms with Crippen LogP contribution in [0.25, 0.3) is 11.0 Å². The lowest BCUT2D eigenvalue weighted by molar-refractivity contribution is 0.0950. The first kappa shape index (κ1) is 18.3. The van der Waals surface area contributed by atoms with Gasteiger partial charge in [0.15, 0.2) is 5.65 Å². The first-order valence-electron chi connectivity index (χ1n) is 9.50. The minimum atomic E-state index is -0.135. The van der Waals surface area contributed by atoms with E-state index in [9.17, 15) is 4.79 Å². The number of carbonyl (C=O) groups is 1. The van der Waals surface area contributed by atoms with Gasteiger partial charge in [-0.05, 0) is 38.2 Å². The first-order valence-corrected chi connectivity index (χ1v) is 9.50. The number of piperazine rings is 1. The normalized spacial score (nSPS) is 15.0. The van der Waals surface area contributed by atoms with E-state index >= 15 is 0 Å². The number of hydrogen-bond acceptors (Lipinski definition) is 6. The molecule has 3 aromatic heterocycles. The van der Waals surface area contributed by atoms with Crippen molar-refractivity contribution in [1.82, 2.24) is 25.2 Å². The van der Waals surface area contributed by atoms with E-state index in [-0.39, 0.29) is 5.91 Å². The second kappa shape index (κ2) is 7.90. The Morgan fingerprint density at radius 1 is 1.11 bits per heavy atom. The zero-order valence-electron chi connectivity index (χ0n) is 16.2. The summed E-state index contributed by atoms with van der Waals surface area (Å²) in [6, 6.07) is 9.55. The van der Waals surface area contributed by atoms with Crippen LogP contribution in [0.5, 0.6) is 0 Å². The lowest BCUT2D eigenvalue weighted by Crippen LogP contribution is -2.45. The number of fused-ring (bicyclic) bond motifs is 1. The van der Waals surface area contributed by atoms with Gasteiger partial charge in [-0.3, -0.25) is 4.79 Å². The van der Waals surface area contributed by atoms with Crippen LogP contribution in [0.15, 0.2) is 42.7 Å². The van der Waals surface area contributed by atoms with Gasteiger partial charge in [0.2, 0.25) is 0 Å². The van der Waals surface area contributed by atoms with Crippen molar-refractivity contribution in [2.24, 2.45) is 0 Å². The van der Waals surface area contributed by atoms with Crippen LogP contribution in [0.3, 0.4) is 0 Å². The summed E-state index contributed by atoms with van der Waals surface area (Å²) in [6.07, 6.45) is 3.51. The van der Waals surface area contributed by atoms with Crippen LogP contribution in [-0.4, -0.2) is 59.0 Å². The lowest BCUT2D eigenvalue weighted by Gasteiger charge is -2.34. The van der Waals surface area contributed by atoms with E-state index in [4.69, 9.17) is 0 Å². The van der Waals surface area contributed by atoms with E-state index in [0.717, 1.165) is 42.9 Å². The quantitative estimate of drug-likeness (QED) is 0.751. The molecule has 3 aromatic rings. The van der Waals surface area contributed by atoms with E-state index in [1.165, 1.54) is 0 Å². The van der Waals surface area contributed by atoms with Gasteiger partial charge in [0.25, 0.3) is 5.91 Å². The monoisotopic (exact) mass is 376 g/mol. The summed E-state index contributed by atoms with van der Waals surface area (Å²) in [5.74, 6) is 0.817. The number of rotatable bonds is 4. The van der Waals surface area contributed by atoms with Gasteiger partial charge in [-0.25, -0.2) is 15.0 Å². The topological polar surface area (TPSA) is 74.2 Å². The molecule has 0 unspecified atom stereocenters. The fraction of sp³-hybridized carbons (Fsp3) is 0.333. The van der Waals surface area contributed by atoms with Crippen LogP contribution in [0.2, 0.25) is 0 Å². The predicted molar refractivity (Wildman–Crippen MR) is 109 cm³/mol. The minimum Gasteiger partial charge on any atom is -0.354 e. The summed E-state index contributed by atoms with van der Waals surface area (Å²) in [4.78, 5) is 30.7. The summed E-state index contributed by atoms with van der Waals surface area (Å²) >= 11 is 0. The number of nitrogens with zero attached hydrogens (tertiary/aromatic N) is 5. The molecule has 0 aliphatic carbocycles. The predicted octanol–water partition coefficient (Wildman–Crippen LogP) is 2.02. The molecule has 0 spiro atoms. The Labute approximate surface area is 164 Å². The highest BCUT2D eigenvalue weighted by molar-refractivity contribution is 5.98. The maximum atomic E-state index is 12.8. The molecule has 0 atom stereocenters. The van der Waals surface area contributed by atoms with Crippen molar-refractivity contribution in [3.8, 4) is 0 Å². The molecule has 1 aliphatic rings. The Morgan fingerprint density at radius 3 is 2.68 bits per heavy atom. The number of aromatic nitrogens is 3. The van der Waals surface area contributed by atoms with Crippen LogP contribution in [0.1, 0.15) is 21.6 Å². The van der Waals surface area contributed by atoms with E-state index in [1.54, 1.807) is 6.20 Å². The van der Waals surface area contributed by atoms with E-state index in [0.29, 0.717) is 23.4 Å². The van der Waals surface area contributed by atoms with E-state index < -0.39 is 0 Å². The zero-order valence-corrected chi connectivity index (χ0v) is 16.2. The first-order chi connectivity index (χ1) is 13.6. The molecular formula is C21H24N6O.